The summed E-state index contributed by atoms with van der Waals surface area (Å²) in [6.07, 6.45) is 0.525. The first kappa shape index (κ1) is 27.8. The van der Waals surface area contributed by atoms with Crippen molar-refractivity contribution in [2.24, 2.45) is 0 Å². The number of benzene rings is 2. The smallest absolute Gasteiger partial charge is 0.272 e. The maximum Gasteiger partial charge on any atom is 0.272 e. The molecule has 0 aliphatic heterocycles. The van der Waals surface area contributed by atoms with E-state index in [1.807, 2.05) is 45.9 Å². The number of carbonyl (C=O) groups excluding carboxylic acids is 1. The molecule has 0 spiro atoms. The highest BCUT2D eigenvalue weighted by atomic mass is 32.2. The summed E-state index contributed by atoms with van der Waals surface area (Å²) in [6, 6.07) is 8.78. The molecule has 2 aromatic carbocycles. The number of sulfonamides is 1. The lowest BCUT2D eigenvalue weighted by Gasteiger charge is -2.15. The Morgan fingerprint density at radius 2 is 1.86 bits per heavy atom. The fourth-order valence-electron chi connectivity index (χ4n) is 3.60. The van der Waals surface area contributed by atoms with Gasteiger partial charge in [-0.25, -0.2) is 13.1 Å². The first-order valence-corrected chi connectivity index (χ1v) is 13.3. The van der Waals surface area contributed by atoms with Crippen LogP contribution in [-0.2, 0) is 10.0 Å². The molecule has 0 radical (unpaired) electrons. The minimum absolute atomic E-state index is 0.111. The minimum Gasteiger partial charge on any atom is -0.437 e. The molecule has 12 heteroatoms. The van der Waals surface area contributed by atoms with E-state index in [0.717, 1.165) is 23.3 Å². The molecule has 2 N–H and O–H groups in total. The van der Waals surface area contributed by atoms with Crippen molar-refractivity contribution in [2.75, 3.05) is 6.54 Å². The lowest BCUT2D eigenvalue weighted by molar-refractivity contribution is -0.385. The third-order valence-electron chi connectivity index (χ3n) is 5.68. The molecular formula is C25H31N5O6S. The molecule has 0 unspecified atom stereocenters. The number of carbonyl (C=O) groups is 1. The molecule has 1 amide bonds. The number of nitrogens with zero attached hydrogens (tertiary/aromatic N) is 3. The predicted octanol–water partition coefficient (Wildman–Crippen LogP) is 4.32. The Morgan fingerprint density at radius 3 is 2.49 bits per heavy atom. The number of nitrogens with one attached hydrogen (secondary N) is 2. The monoisotopic (exact) mass is 529 g/mol. The average Bonchev–Trinajstić information content (AvgIpc) is 3.15. The number of hydrogen-bond donors (Lipinski definition) is 2. The van der Waals surface area contributed by atoms with Crippen LogP contribution in [0.25, 0.3) is 5.69 Å². The highest BCUT2D eigenvalue weighted by Crippen LogP contribution is 2.36. The molecule has 0 atom stereocenters. The quantitative estimate of drug-likeness (QED) is 0.294. The summed E-state index contributed by atoms with van der Waals surface area (Å²) in [7, 11) is -4.15. The van der Waals surface area contributed by atoms with Gasteiger partial charge < -0.3 is 10.1 Å². The van der Waals surface area contributed by atoms with Gasteiger partial charge in [0.25, 0.3) is 11.6 Å². The summed E-state index contributed by atoms with van der Waals surface area (Å²) in [6.45, 7) is 11.1. The Morgan fingerprint density at radius 1 is 1.16 bits per heavy atom. The first-order valence-electron chi connectivity index (χ1n) is 11.8. The lowest BCUT2D eigenvalue weighted by Crippen LogP contribution is -2.31. The van der Waals surface area contributed by atoms with Crippen LogP contribution in [-0.4, -0.2) is 41.6 Å². The predicted molar refractivity (Wildman–Crippen MR) is 139 cm³/mol. The SMILES string of the molecule is CCCNS(=O)(=O)c1cc([N+](=O)[O-])ccc1Oc1c(C)c(C(=O)NC(C)C)nn1-c1cccc(C)c1C. The summed E-state index contributed by atoms with van der Waals surface area (Å²) in [5.74, 6) is -0.439. The van der Waals surface area contributed by atoms with Crippen LogP contribution in [0.4, 0.5) is 5.69 Å². The number of amides is 1. The Kier molecular flexibility index (Phi) is 8.34. The molecule has 1 aromatic heterocycles. The molecule has 0 saturated carbocycles. The van der Waals surface area contributed by atoms with Crippen LogP contribution in [0.1, 0.15) is 54.4 Å². The average molecular weight is 530 g/mol. The fourth-order valence-corrected chi connectivity index (χ4v) is 4.88. The highest BCUT2D eigenvalue weighted by Gasteiger charge is 2.28. The first-order chi connectivity index (χ1) is 17.4. The molecule has 3 rings (SSSR count). The van der Waals surface area contributed by atoms with Gasteiger partial charge in [-0.2, -0.15) is 9.78 Å². The minimum atomic E-state index is -4.15. The van der Waals surface area contributed by atoms with Crippen molar-refractivity contribution < 1.29 is 22.9 Å². The van der Waals surface area contributed by atoms with Crippen LogP contribution in [0.15, 0.2) is 41.3 Å². The molecule has 0 saturated heterocycles. The standard InChI is InChI=1S/C25H31N5O6S/c1-7-13-26-37(34,35)22-14-19(30(32)33)11-12-21(22)36-25-18(6)23(24(31)27-15(2)3)28-29(25)20-10-8-9-16(4)17(20)5/h8-12,14-15,26H,7,13H2,1-6H3,(H,27,31). The molecule has 0 aliphatic rings. The van der Waals surface area contributed by atoms with E-state index in [2.05, 4.69) is 15.1 Å². The maximum atomic E-state index is 13.1. The summed E-state index contributed by atoms with van der Waals surface area (Å²) >= 11 is 0. The number of non-ortho nitro benzene ring substituents is 1. The summed E-state index contributed by atoms with van der Waals surface area (Å²) < 4.78 is 36.1. The van der Waals surface area contributed by atoms with E-state index < -0.39 is 31.4 Å². The number of nitro groups is 1. The molecule has 3 aromatic rings. The van der Waals surface area contributed by atoms with Gasteiger partial charge in [-0.05, 0) is 64.3 Å². The van der Waals surface area contributed by atoms with E-state index in [1.165, 1.54) is 10.7 Å². The van der Waals surface area contributed by atoms with E-state index >= 15 is 0 Å². The molecule has 198 valence electrons. The fraction of sp³-hybridized carbons (Fsp3) is 0.360. The van der Waals surface area contributed by atoms with Crippen molar-refractivity contribution >= 4 is 21.6 Å². The normalized spacial score (nSPS) is 11.5. The second kappa shape index (κ2) is 11.1. The number of aromatic nitrogens is 2. The van der Waals surface area contributed by atoms with Crippen molar-refractivity contribution in [2.45, 2.75) is 58.9 Å². The van der Waals surface area contributed by atoms with Crippen molar-refractivity contribution in [3.05, 3.63) is 68.9 Å². The van der Waals surface area contributed by atoms with Gasteiger partial charge in [0.05, 0.1) is 10.6 Å². The Labute approximate surface area is 216 Å². The number of aryl methyl sites for hydroxylation is 1. The van der Waals surface area contributed by atoms with Crippen LogP contribution in [0.2, 0.25) is 0 Å². The molecule has 0 bridgehead atoms. The van der Waals surface area contributed by atoms with E-state index in [9.17, 15) is 23.3 Å². The second-order valence-electron chi connectivity index (χ2n) is 8.93. The van der Waals surface area contributed by atoms with E-state index in [1.54, 1.807) is 13.8 Å². The third-order valence-corrected chi connectivity index (χ3v) is 7.17. The molecule has 0 aliphatic carbocycles. The van der Waals surface area contributed by atoms with Gasteiger partial charge in [0, 0.05) is 30.3 Å². The Balaban J connectivity index is 2.25. The van der Waals surface area contributed by atoms with Gasteiger partial charge >= 0.3 is 0 Å². The van der Waals surface area contributed by atoms with Crippen molar-refractivity contribution in [1.82, 2.24) is 19.8 Å². The summed E-state index contributed by atoms with van der Waals surface area (Å²) in [5.41, 5.74) is 2.58. The largest absolute Gasteiger partial charge is 0.437 e. The van der Waals surface area contributed by atoms with E-state index in [-0.39, 0.29) is 29.9 Å². The zero-order chi connectivity index (χ0) is 27.5. The number of hydrogen-bond acceptors (Lipinski definition) is 7. The van der Waals surface area contributed by atoms with Crippen molar-refractivity contribution in [1.29, 1.82) is 0 Å². The van der Waals surface area contributed by atoms with Crippen molar-refractivity contribution in [3.63, 3.8) is 0 Å². The molecular weight excluding hydrogens is 498 g/mol. The molecule has 1 heterocycles. The molecule has 0 fully saturated rings. The van der Waals surface area contributed by atoms with Gasteiger partial charge in [0.15, 0.2) is 5.69 Å². The van der Waals surface area contributed by atoms with Crippen LogP contribution in [0, 0.1) is 30.9 Å². The van der Waals surface area contributed by atoms with Crippen LogP contribution >= 0.6 is 0 Å². The highest BCUT2D eigenvalue weighted by molar-refractivity contribution is 7.89. The van der Waals surface area contributed by atoms with Crippen LogP contribution in [0.5, 0.6) is 11.6 Å². The molecule has 37 heavy (non-hydrogen) atoms. The topological polar surface area (TPSA) is 145 Å². The van der Waals surface area contributed by atoms with Gasteiger partial charge in [0.1, 0.15) is 10.6 Å². The molecule has 11 nitrogen and oxygen atoms in total. The van der Waals surface area contributed by atoms with Crippen molar-refractivity contribution in [3.8, 4) is 17.3 Å². The zero-order valence-corrected chi connectivity index (χ0v) is 22.5. The number of nitro benzene ring substituents is 1. The Bertz CT molecular complexity index is 1450. The van der Waals surface area contributed by atoms with Gasteiger partial charge in [-0.15, -0.1) is 0 Å². The van der Waals surface area contributed by atoms with Gasteiger partial charge in [0.2, 0.25) is 15.9 Å². The third kappa shape index (κ3) is 5.97. The van der Waals surface area contributed by atoms with Crippen LogP contribution in [0.3, 0.4) is 0 Å². The number of rotatable bonds is 10. The van der Waals surface area contributed by atoms with Crippen LogP contribution < -0.4 is 14.8 Å². The maximum absolute atomic E-state index is 13.1. The number of ether oxygens (including phenoxy) is 1. The zero-order valence-electron chi connectivity index (χ0n) is 21.7. The van der Waals surface area contributed by atoms with Gasteiger partial charge in [-0.1, -0.05) is 19.1 Å². The van der Waals surface area contributed by atoms with E-state index in [4.69, 9.17) is 4.74 Å². The summed E-state index contributed by atoms with van der Waals surface area (Å²) in [4.78, 5) is 23.2. The lowest BCUT2D eigenvalue weighted by atomic mass is 10.1. The van der Waals surface area contributed by atoms with E-state index in [0.29, 0.717) is 17.7 Å². The summed E-state index contributed by atoms with van der Waals surface area (Å²) in [5, 5.41) is 18.7. The van der Waals surface area contributed by atoms with Gasteiger partial charge in [-0.3, -0.25) is 14.9 Å². The Hall–Kier alpha value is -3.77. The second-order valence-corrected chi connectivity index (χ2v) is 10.7.